The average molecular weight is 334 g/mol. The van der Waals surface area contributed by atoms with Crippen LogP contribution in [-0.2, 0) is 4.74 Å². The molecule has 0 saturated heterocycles. The fraction of sp³-hybridized carbons (Fsp3) is 0.214. The van der Waals surface area contributed by atoms with Crippen molar-refractivity contribution in [3.63, 3.8) is 0 Å². The second-order valence-corrected chi connectivity index (χ2v) is 5.65. The quantitative estimate of drug-likeness (QED) is 0.763. The molecule has 5 nitrogen and oxygen atoms in total. The molecule has 1 aromatic carbocycles. The lowest BCUT2D eigenvalue weighted by Gasteiger charge is -2.30. The van der Waals surface area contributed by atoms with Gasteiger partial charge in [-0.2, -0.15) is 5.26 Å². The highest BCUT2D eigenvalue weighted by Crippen LogP contribution is 2.47. The van der Waals surface area contributed by atoms with Crippen LogP contribution in [0.5, 0.6) is 5.75 Å². The zero-order chi connectivity index (χ0) is 14.5. The molecule has 20 heavy (non-hydrogen) atoms. The van der Waals surface area contributed by atoms with E-state index in [0.29, 0.717) is 11.5 Å². The largest absolute Gasteiger partial charge is 0.456 e. The van der Waals surface area contributed by atoms with Crippen molar-refractivity contribution in [1.29, 1.82) is 5.26 Å². The van der Waals surface area contributed by atoms with E-state index >= 15 is 0 Å². The topological polar surface area (TPSA) is 80.3 Å². The van der Waals surface area contributed by atoms with Gasteiger partial charge in [-0.25, -0.2) is 0 Å². The van der Waals surface area contributed by atoms with E-state index in [1.165, 1.54) is 0 Å². The molecule has 0 saturated carbocycles. The van der Waals surface area contributed by atoms with Crippen molar-refractivity contribution in [1.82, 2.24) is 0 Å². The molecule has 1 aromatic rings. The number of halogens is 1. The van der Waals surface area contributed by atoms with E-state index in [-0.39, 0.29) is 11.5 Å². The number of benzene rings is 1. The molecular formula is C14H12BrN3O2. The molecule has 0 aromatic heterocycles. The van der Waals surface area contributed by atoms with Gasteiger partial charge in [-0.05, 0) is 47.5 Å². The smallest absolute Gasteiger partial charge is 0.245 e. The van der Waals surface area contributed by atoms with Crippen molar-refractivity contribution < 1.29 is 9.47 Å². The first-order chi connectivity index (χ1) is 9.45. The fourth-order valence-electron chi connectivity index (χ4n) is 2.42. The number of fused-ring (bicyclic) bond motifs is 1. The standard InChI is InChI=1S/C14H12BrN3O2/c1-7-3-10(15)12-11(4-7)18-14(20-12)5-8(2)19-13(17)9(14)6-16/h3-5,18H,17H2,1-2H3. The summed E-state index contributed by atoms with van der Waals surface area (Å²) >= 11 is 3.47. The molecule has 3 N–H and O–H groups in total. The fourth-order valence-corrected chi connectivity index (χ4v) is 3.08. The molecule has 0 aliphatic carbocycles. The van der Waals surface area contributed by atoms with Gasteiger partial charge < -0.3 is 20.5 Å². The number of ether oxygens (including phenoxy) is 2. The van der Waals surface area contributed by atoms with Gasteiger partial charge in [-0.1, -0.05) is 0 Å². The zero-order valence-electron chi connectivity index (χ0n) is 11.0. The van der Waals surface area contributed by atoms with Crippen LogP contribution in [0, 0.1) is 18.3 Å². The number of nitrogens with one attached hydrogen (secondary N) is 1. The summed E-state index contributed by atoms with van der Waals surface area (Å²) in [7, 11) is 0. The monoisotopic (exact) mass is 333 g/mol. The molecule has 0 fully saturated rings. The van der Waals surface area contributed by atoms with Crippen LogP contribution < -0.4 is 15.8 Å². The first kappa shape index (κ1) is 12.9. The molecule has 6 heteroatoms. The molecule has 2 aliphatic heterocycles. The van der Waals surface area contributed by atoms with E-state index in [9.17, 15) is 5.26 Å². The summed E-state index contributed by atoms with van der Waals surface area (Å²) in [6, 6.07) is 5.97. The van der Waals surface area contributed by atoms with E-state index in [4.69, 9.17) is 15.2 Å². The van der Waals surface area contributed by atoms with Crippen LogP contribution in [0.2, 0.25) is 0 Å². The molecule has 102 valence electrons. The molecule has 0 radical (unpaired) electrons. The van der Waals surface area contributed by atoms with Crippen molar-refractivity contribution in [2.45, 2.75) is 19.6 Å². The third kappa shape index (κ3) is 1.74. The Morgan fingerprint density at radius 2 is 2.15 bits per heavy atom. The number of nitrogens with two attached hydrogens (primary N) is 1. The Balaban J connectivity index is 2.15. The first-order valence-electron chi connectivity index (χ1n) is 6.00. The highest BCUT2D eigenvalue weighted by Gasteiger charge is 2.46. The first-order valence-corrected chi connectivity index (χ1v) is 6.79. The summed E-state index contributed by atoms with van der Waals surface area (Å²) in [6.07, 6.45) is 1.71. The molecule has 3 rings (SSSR count). The Morgan fingerprint density at radius 3 is 2.85 bits per heavy atom. The Hall–Kier alpha value is -2.13. The molecule has 2 heterocycles. The van der Waals surface area contributed by atoms with Gasteiger partial charge in [0.1, 0.15) is 11.8 Å². The van der Waals surface area contributed by atoms with E-state index in [1.54, 1.807) is 13.0 Å². The lowest BCUT2D eigenvalue weighted by atomic mass is 10.0. The number of aryl methyl sites for hydroxylation is 1. The minimum atomic E-state index is -1.10. The van der Waals surface area contributed by atoms with Gasteiger partial charge in [-0.15, -0.1) is 0 Å². The summed E-state index contributed by atoms with van der Waals surface area (Å²) in [5.41, 5.74) is 6.80. The van der Waals surface area contributed by atoms with Crippen LogP contribution in [0.15, 0.2) is 39.9 Å². The van der Waals surface area contributed by atoms with Crippen LogP contribution in [0.3, 0.4) is 0 Å². The van der Waals surface area contributed by atoms with Crippen LogP contribution >= 0.6 is 15.9 Å². The second kappa shape index (κ2) is 4.18. The summed E-state index contributed by atoms with van der Waals surface area (Å²) in [5.74, 6) is 1.29. The third-order valence-electron chi connectivity index (χ3n) is 3.18. The molecule has 0 amide bonds. The zero-order valence-corrected chi connectivity index (χ0v) is 12.5. The minimum absolute atomic E-state index is 0.0562. The van der Waals surface area contributed by atoms with Crippen molar-refractivity contribution in [2.24, 2.45) is 5.73 Å². The van der Waals surface area contributed by atoms with Crippen molar-refractivity contribution in [3.05, 3.63) is 45.5 Å². The van der Waals surface area contributed by atoms with E-state index in [0.717, 1.165) is 15.7 Å². The lowest BCUT2D eigenvalue weighted by Crippen LogP contribution is -2.44. The number of hydrogen-bond donors (Lipinski definition) is 2. The average Bonchev–Trinajstić information content (AvgIpc) is 2.67. The van der Waals surface area contributed by atoms with Crippen LogP contribution in [0.25, 0.3) is 0 Å². The number of allylic oxidation sites excluding steroid dienone is 1. The highest BCUT2D eigenvalue weighted by molar-refractivity contribution is 9.10. The van der Waals surface area contributed by atoms with Gasteiger partial charge in [0.15, 0.2) is 11.3 Å². The molecular weight excluding hydrogens is 322 g/mol. The van der Waals surface area contributed by atoms with Gasteiger partial charge >= 0.3 is 0 Å². The number of nitrogens with zero attached hydrogens (tertiary/aromatic N) is 1. The van der Waals surface area contributed by atoms with Gasteiger partial charge in [0, 0.05) is 6.08 Å². The van der Waals surface area contributed by atoms with Crippen LogP contribution in [0.4, 0.5) is 5.69 Å². The summed E-state index contributed by atoms with van der Waals surface area (Å²) in [5, 5.41) is 12.6. The van der Waals surface area contributed by atoms with E-state index < -0.39 is 5.72 Å². The summed E-state index contributed by atoms with van der Waals surface area (Å²) < 4.78 is 12.1. The maximum atomic E-state index is 9.35. The third-order valence-corrected chi connectivity index (χ3v) is 3.77. The molecule has 0 bridgehead atoms. The normalized spacial score (nSPS) is 23.4. The second-order valence-electron chi connectivity index (χ2n) is 4.79. The Kier molecular flexibility index (Phi) is 2.69. The van der Waals surface area contributed by atoms with Crippen molar-refractivity contribution >= 4 is 21.6 Å². The number of nitriles is 1. The lowest BCUT2D eigenvalue weighted by molar-refractivity contribution is 0.174. The maximum Gasteiger partial charge on any atom is 0.245 e. The number of anilines is 1. The van der Waals surface area contributed by atoms with Gasteiger partial charge in [0.05, 0.1) is 10.2 Å². The molecule has 2 aliphatic rings. The van der Waals surface area contributed by atoms with Crippen LogP contribution in [0.1, 0.15) is 12.5 Å². The molecule has 1 unspecified atom stereocenters. The molecule has 1 spiro atoms. The van der Waals surface area contributed by atoms with Gasteiger partial charge in [0.25, 0.3) is 0 Å². The van der Waals surface area contributed by atoms with E-state index in [1.807, 2.05) is 19.1 Å². The Morgan fingerprint density at radius 1 is 1.40 bits per heavy atom. The van der Waals surface area contributed by atoms with Crippen LogP contribution in [-0.4, -0.2) is 5.72 Å². The summed E-state index contributed by atoms with van der Waals surface area (Å²) in [4.78, 5) is 0. The minimum Gasteiger partial charge on any atom is -0.456 e. The van der Waals surface area contributed by atoms with Gasteiger partial charge in [-0.3, -0.25) is 0 Å². The SMILES string of the molecule is CC1=CC2(Nc3cc(C)cc(Br)c3O2)C(C#N)=C(N)O1. The molecule has 1 atom stereocenters. The predicted octanol–water partition coefficient (Wildman–Crippen LogP) is 2.89. The highest BCUT2D eigenvalue weighted by atomic mass is 79.9. The number of hydrogen-bond acceptors (Lipinski definition) is 5. The van der Waals surface area contributed by atoms with Crippen molar-refractivity contribution in [3.8, 4) is 11.8 Å². The Labute approximate surface area is 124 Å². The van der Waals surface area contributed by atoms with E-state index in [2.05, 4.69) is 27.3 Å². The predicted molar refractivity (Wildman–Crippen MR) is 77.5 cm³/mol. The maximum absolute atomic E-state index is 9.35. The Bertz CT molecular complexity index is 718. The van der Waals surface area contributed by atoms with Crippen molar-refractivity contribution in [2.75, 3.05) is 5.32 Å². The summed E-state index contributed by atoms with van der Waals surface area (Å²) in [6.45, 7) is 3.75. The van der Waals surface area contributed by atoms with Gasteiger partial charge in [0.2, 0.25) is 11.6 Å². The number of rotatable bonds is 0.